The number of halogens is 3. The van der Waals surface area contributed by atoms with Crippen LogP contribution in [0.1, 0.15) is 24.3 Å². The summed E-state index contributed by atoms with van der Waals surface area (Å²) >= 11 is 0. The van der Waals surface area contributed by atoms with Crippen LogP contribution in [0.15, 0.2) is 22.9 Å². The summed E-state index contributed by atoms with van der Waals surface area (Å²) in [6.07, 6.45) is -3.42. The van der Waals surface area contributed by atoms with E-state index in [9.17, 15) is 18.0 Å². The van der Waals surface area contributed by atoms with E-state index in [0.29, 0.717) is 5.69 Å². The highest BCUT2D eigenvalue weighted by atomic mass is 19.4. The number of hydrogen-bond acceptors (Lipinski definition) is 5. The van der Waals surface area contributed by atoms with Crippen LogP contribution in [0.2, 0.25) is 0 Å². The fourth-order valence-electron chi connectivity index (χ4n) is 1.53. The van der Waals surface area contributed by atoms with Crippen molar-refractivity contribution in [3.63, 3.8) is 0 Å². The Morgan fingerprint density at radius 3 is 2.70 bits per heavy atom. The Balaban J connectivity index is 2.28. The van der Waals surface area contributed by atoms with Crippen LogP contribution in [0, 0.1) is 6.92 Å². The van der Waals surface area contributed by atoms with Crippen LogP contribution >= 0.6 is 0 Å². The minimum atomic E-state index is -4.93. The molecule has 20 heavy (non-hydrogen) atoms. The van der Waals surface area contributed by atoms with Crippen molar-refractivity contribution in [3.8, 4) is 11.5 Å². The predicted molar refractivity (Wildman–Crippen MR) is 61.7 cm³/mol. The zero-order valence-corrected chi connectivity index (χ0v) is 10.6. The number of alkyl halides is 3. The first-order valence-corrected chi connectivity index (χ1v) is 5.66. The molecule has 1 unspecified atom stereocenters. The molecule has 0 N–H and O–H groups in total. The molecule has 0 saturated carbocycles. The molecule has 8 heteroatoms. The number of carbonyl (C=O) groups excluding carboxylic acids is 1. The first-order valence-electron chi connectivity index (χ1n) is 5.66. The van der Waals surface area contributed by atoms with Crippen molar-refractivity contribution in [3.05, 3.63) is 29.8 Å². The van der Waals surface area contributed by atoms with Gasteiger partial charge in [-0.1, -0.05) is 5.16 Å². The molecule has 0 saturated heterocycles. The van der Waals surface area contributed by atoms with Crippen molar-refractivity contribution in [1.82, 2.24) is 15.1 Å². The molecule has 1 atom stereocenters. The lowest BCUT2D eigenvalue weighted by molar-refractivity contribution is -0.172. The zero-order chi connectivity index (χ0) is 14.9. The van der Waals surface area contributed by atoms with E-state index < -0.39 is 17.9 Å². The number of Topliss-reactive ketones (excluding diaryl/α,β-unsaturated/α-hetero) is 1. The second kappa shape index (κ2) is 5.03. The first-order chi connectivity index (χ1) is 9.29. The normalized spacial score (nSPS) is 13.2. The van der Waals surface area contributed by atoms with E-state index in [2.05, 4.69) is 15.1 Å². The summed E-state index contributed by atoms with van der Waals surface area (Å²) in [4.78, 5) is 18.9. The average molecular weight is 285 g/mol. The van der Waals surface area contributed by atoms with Gasteiger partial charge in [0.15, 0.2) is 0 Å². The van der Waals surface area contributed by atoms with E-state index >= 15 is 0 Å². The highest BCUT2D eigenvalue weighted by Gasteiger charge is 2.44. The van der Waals surface area contributed by atoms with Gasteiger partial charge in [-0.2, -0.15) is 18.2 Å². The molecular weight excluding hydrogens is 275 g/mol. The van der Waals surface area contributed by atoms with Crippen molar-refractivity contribution in [1.29, 1.82) is 0 Å². The third kappa shape index (κ3) is 2.84. The second-order valence-electron chi connectivity index (χ2n) is 4.26. The van der Waals surface area contributed by atoms with Gasteiger partial charge in [0.05, 0.1) is 0 Å². The molecule has 2 aromatic rings. The molecule has 0 aliphatic rings. The Morgan fingerprint density at radius 1 is 1.40 bits per heavy atom. The lowest BCUT2D eigenvalue weighted by Crippen LogP contribution is -2.27. The maximum Gasteiger partial charge on any atom is 0.450 e. The summed E-state index contributed by atoms with van der Waals surface area (Å²) < 4.78 is 41.7. The zero-order valence-electron chi connectivity index (χ0n) is 10.6. The lowest BCUT2D eigenvalue weighted by atomic mass is 10.1. The van der Waals surface area contributed by atoms with Gasteiger partial charge in [0.2, 0.25) is 17.5 Å². The van der Waals surface area contributed by atoms with Crippen LogP contribution in [-0.2, 0) is 4.79 Å². The number of carbonyl (C=O) groups is 1. The number of hydrogen-bond donors (Lipinski definition) is 0. The molecule has 2 heterocycles. The van der Waals surface area contributed by atoms with E-state index in [1.165, 1.54) is 6.20 Å². The minimum Gasteiger partial charge on any atom is -0.338 e. The van der Waals surface area contributed by atoms with Crippen LogP contribution in [-0.4, -0.2) is 27.1 Å². The van der Waals surface area contributed by atoms with Crippen molar-refractivity contribution >= 4 is 5.78 Å². The maximum atomic E-state index is 12.3. The van der Waals surface area contributed by atoms with Crippen molar-refractivity contribution in [2.75, 3.05) is 0 Å². The number of nitrogens with zero attached hydrogens (tertiary/aromatic N) is 3. The molecule has 2 aromatic heterocycles. The lowest BCUT2D eigenvalue weighted by Gasteiger charge is -2.08. The minimum absolute atomic E-state index is 0.0468. The molecule has 106 valence electrons. The largest absolute Gasteiger partial charge is 0.450 e. The van der Waals surface area contributed by atoms with E-state index in [1.54, 1.807) is 12.1 Å². The summed E-state index contributed by atoms with van der Waals surface area (Å²) in [7, 11) is 0. The molecule has 2 rings (SSSR count). The highest BCUT2D eigenvalue weighted by molar-refractivity contribution is 5.89. The fourth-order valence-corrected chi connectivity index (χ4v) is 1.53. The third-order valence-corrected chi connectivity index (χ3v) is 2.63. The van der Waals surface area contributed by atoms with Gasteiger partial charge in [-0.3, -0.25) is 9.78 Å². The Bertz CT molecular complexity index is 637. The van der Waals surface area contributed by atoms with Gasteiger partial charge in [-0.15, -0.1) is 0 Å². The average Bonchev–Trinajstić information content (AvgIpc) is 2.85. The highest BCUT2D eigenvalue weighted by Crippen LogP contribution is 2.27. The number of aromatic nitrogens is 3. The summed E-state index contributed by atoms with van der Waals surface area (Å²) in [5.41, 5.74) is 1.26. The third-order valence-electron chi connectivity index (χ3n) is 2.63. The quantitative estimate of drug-likeness (QED) is 0.867. The van der Waals surface area contributed by atoms with Crippen molar-refractivity contribution in [2.24, 2.45) is 0 Å². The Kier molecular flexibility index (Phi) is 3.56. The van der Waals surface area contributed by atoms with Gasteiger partial charge in [-0.25, -0.2) is 0 Å². The SMILES string of the molecule is Cc1ccnc(-c2noc(C(C)C(=O)C(F)(F)F)n2)c1. The van der Waals surface area contributed by atoms with E-state index in [-0.39, 0.29) is 11.7 Å². The van der Waals surface area contributed by atoms with Crippen LogP contribution in [0.25, 0.3) is 11.5 Å². The van der Waals surface area contributed by atoms with Gasteiger partial charge < -0.3 is 4.52 Å². The van der Waals surface area contributed by atoms with E-state index in [1.807, 2.05) is 6.92 Å². The van der Waals surface area contributed by atoms with Gasteiger partial charge in [0.1, 0.15) is 11.6 Å². The second-order valence-corrected chi connectivity index (χ2v) is 4.26. The fraction of sp³-hybridized carbons (Fsp3) is 0.333. The van der Waals surface area contributed by atoms with Crippen LogP contribution in [0.5, 0.6) is 0 Å². The smallest absolute Gasteiger partial charge is 0.338 e. The Hall–Kier alpha value is -2.25. The molecule has 0 spiro atoms. The molecule has 5 nitrogen and oxygen atoms in total. The molecule has 0 bridgehead atoms. The molecule has 0 aliphatic heterocycles. The molecule has 0 aromatic carbocycles. The summed E-state index contributed by atoms with van der Waals surface area (Å²) in [5, 5.41) is 3.54. The van der Waals surface area contributed by atoms with Crippen molar-refractivity contribution < 1.29 is 22.5 Å². The Morgan fingerprint density at radius 2 is 2.10 bits per heavy atom. The first kappa shape index (κ1) is 14.2. The monoisotopic (exact) mass is 285 g/mol. The molecule has 0 amide bonds. The summed E-state index contributed by atoms with van der Waals surface area (Å²) in [5.74, 6) is -3.80. The molecule has 0 fully saturated rings. The van der Waals surface area contributed by atoms with Crippen LogP contribution in [0.4, 0.5) is 13.2 Å². The van der Waals surface area contributed by atoms with Crippen LogP contribution in [0.3, 0.4) is 0 Å². The van der Waals surface area contributed by atoms with Gasteiger partial charge in [0.25, 0.3) is 0 Å². The number of ketones is 1. The summed E-state index contributed by atoms with van der Waals surface area (Å²) in [6.45, 7) is 2.89. The van der Waals surface area contributed by atoms with Crippen LogP contribution < -0.4 is 0 Å². The molecule has 0 aliphatic carbocycles. The predicted octanol–water partition coefficient (Wildman–Crippen LogP) is 2.67. The Labute approximate surface area is 111 Å². The number of rotatable bonds is 3. The van der Waals surface area contributed by atoms with E-state index in [4.69, 9.17) is 4.52 Å². The van der Waals surface area contributed by atoms with E-state index in [0.717, 1.165) is 12.5 Å². The topological polar surface area (TPSA) is 68.9 Å². The van der Waals surface area contributed by atoms with Gasteiger partial charge in [0, 0.05) is 6.20 Å². The van der Waals surface area contributed by atoms with Gasteiger partial charge in [-0.05, 0) is 31.5 Å². The van der Waals surface area contributed by atoms with Crippen molar-refractivity contribution in [2.45, 2.75) is 25.9 Å². The van der Waals surface area contributed by atoms with Gasteiger partial charge >= 0.3 is 6.18 Å². The number of pyridine rings is 1. The molecule has 0 radical (unpaired) electrons. The maximum absolute atomic E-state index is 12.3. The summed E-state index contributed by atoms with van der Waals surface area (Å²) in [6, 6.07) is 3.41. The number of aryl methyl sites for hydroxylation is 1. The molecular formula is C12H10F3N3O2. The standard InChI is InChI=1S/C12H10F3N3O2/c1-6-3-4-16-8(5-6)10-17-11(20-18-10)7(2)9(19)12(13,14)15/h3-5,7H,1-2H3.